The molecule has 0 bridgehead atoms. The largest absolute Gasteiger partial charge is 0.501 e. The molecule has 7 nitrogen and oxygen atoms in total. The predicted molar refractivity (Wildman–Crippen MR) is 108 cm³/mol. The van der Waals surface area contributed by atoms with E-state index >= 15 is 0 Å². The van der Waals surface area contributed by atoms with Crippen molar-refractivity contribution in [2.24, 2.45) is 5.92 Å². The average Bonchev–Trinajstić information content (AvgIpc) is 3.12. The highest BCUT2D eigenvalue weighted by atomic mass is 32.2. The Labute approximate surface area is 167 Å². The highest BCUT2D eigenvalue weighted by Crippen LogP contribution is 2.28. The molecule has 1 N–H and O–H groups in total. The Hall–Kier alpha value is -2.74. The molecule has 0 saturated carbocycles. The van der Waals surface area contributed by atoms with Gasteiger partial charge in [-0.05, 0) is 48.6 Å². The SMILES string of the molecule is CC(=O)c1ccc(NC(=O)C[N+]2=C3C=CSC3C(=O)N(CC(C)C)C2=O)cc1. The third-order valence-electron chi connectivity index (χ3n) is 4.41. The lowest BCUT2D eigenvalue weighted by molar-refractivity contribution is -0.426. The van der Waals surface area contributed by atoms with Crippen LogP contribution in [-0.2, 0) is 9.59 Å². The Bertz CT molecular complexity index is 903. The van der Waals surface area contributed by atoms with Crippen LogP contribution in [-0.4, -0.2) is 57.2 Å². The van der Waals surface area contributed by atoms with E-state index in [9.17, 15) is 19.2 Å². The van der Waals surface area contributed by atoms with Crippen LogP contribution in [0.1, 0.15) is 31.1 Å². The molecule has 1 aromatic carbocycles. The van der Waals surface area contributed by atoms with Gasteiger partial charge in [-0.25, -0.2) is 4.79 Å². The summed E-state index contributed by atoms with van der Waals surface area (Å²) in [5, 5.41) is 4.02. The molecule has 1 atom stereocenters. The molecule has 146 valence electrons. The summed E-state index contributed by atoms with van der Waals surface area (Å²) in [6, 6.07) is 6.08. The Kier molecular flexibility index (Phi) is 5.79. The van der Waals surface area contributed by atoms with Crippen molar-refractivity contribution in [1.82, 2.24) is 4.90 Å². The summed E-state index contributed by atoms with van der Waals surface area (Å²) in [5.41, 5.74) is 1.63. The van der Waals surface area contributed by atoms with Crippen molar-refractivity contribution in [3.8, 4) is 0 Å². The molecular weight excluding hydrogens is 378 g/mol. The van der Waals surface area contributed by atoms with Crippen LogP contribution < -0.4 is 5.32 Å². The number of imide groups is 1. The van der Waals surface area contributed by atoms with Gasteiger partial charge in [0.25, 0.3) is 5.91 Å². The molecule has 2 heterocycles. The lowest BCUT2D eigenvalue weighted by Crippen LogP contribution is -2.57. The first-order valence-corrected chi connectivity index (χ1v) is 9.94. The molecule has 1 unspecified atom stereocenters. The van der Waals surface area contributed by atoms with E-state index in [1.54, 1.807) is 35.7 Å². The number of ketones is 1. The molecule has 0 aliphatic carbocycles. The average molecular weight is 400 g/mol. The van der Waals surface area contributed by atoms with Crippen molar-refractivity contribution in [3.63, 3.8) is 0 Å². The molecular formula is C20H22N3O4S+. The van der Waals surface area contributed by atoms with Gasteiger partial charge in [-0.15, -0.1) is 11.8 Å². The predicted octanol–water partition coefficient (Wildman–Crippen LogP) is 2.53. The highest BCUT2D eigenvalue weighted by molar-refractivity contribution is 8.04. The molecule has 28 heavy (non-hydrogen) atoms. The molecule has 2 aliphatic rings. The van der Waals surface area contributed by atoms with E-state index in [1.165, 1.54) is 28.2 Å². The minimum atomic E-state index is -0.487. The standard InChI is InChI=1S/C20H21N3O4S/c1-12(2)10-23-19(26)18-16(8-9-28-18)22(20(23)27)11-17(25)21-15-6-4-14(5-7-15)13(3)24/h4-9,12,18H,10-11H2,1-3H3/p+1. The van der Waals surface area contributed by atoms with E-state index in [0.29, 0.717) is 23.5 Å². The second kappa shape index (κ2) is 8.10. The third kappa shape index (κ3) is 4.06. The summed E-state index contributed by atoms with van der Waals surface area (Å²) in [4.78, 5) is 50.6. The molecule has 0 saturated heterocycles. The number of amides is 4. The van der Waals surface area contributed by atoms with Crippen molar-refractivity contribution >= 4 is 46.8 Å². The molecule has 3 rings (SSSR count). The summed E-state index contributed by atoms with van der Waals surface area (Å²) in [7, 11) is 0. The number of nitrogens with one attached hydrogen (secondary N) is 1. The molecule has 0 radical (unpaired) electrons. The number of allylic oxidation sites excluding steroid dienone is 1. The maximum Gasteiger partial charge on any atom is 0.501 e. The van der Waals surface area contributed by atoms with Crippen molar-refractivity contribution < 1.29 is 23.8 Å². The number of urea groups is 1. The molecule has 0 spiro atoms. The molecule has 8 heteroatoms. The van der Waals surface area contributed by atoms with Gasteiger partial charge in [0.1, 0.15) is 5.71 Å². The second-order valence-electron chi connectivity index (χ2n) is 7.14. The summed E-state index contributed by atoms with van der Waals surface area (Å²) >= 11 is 1.34. The maximum absolute atomic E-state index is 12.9. The van der Waals surface area contributed by atoms with Gasteiger partial charge in [0.05, 0.1) is 6.54 Å². The van der Waals surface area contributed by atoms with E-state index in [4.69, 9.17) is 0 Å². The first-order chi connectivity index (χ1) is 13.3. The summed E-state index contributed by atoms with van der Waals surface area (Å²) in [6.45, 7) is 5.46. The van der Waals surface area contributed by atoms with Crippen molar-refractivity contribution in [2.75, 3.05) is 18.4 Å². The number of hydrogen-bond donors (Lipinski definition) is 1. The fourth-order valence-corrected chi connectivity index (χ4v) is 4.04. The fraction of sp³-hybridized carbons (Fsp3) is 0.350. The minimum Gasteiger partial charge on any atom is -0.323 e. The topological polar surface area (TPSA) is 86.6 Å². The molecule has 4 amide bonds. The monoisotopic (exact) mass is 400 g/mol. The van der Waals surface area contributed by atoms with Crippen LogP contribution in [0, 0.1) is 5.92 Å². The van der Waals surface area contributed by atoms with Crippen LogP contribution in [0.3, 0.4) is 0 Å². The number of Topliss-reactive ketones (excluding diaryl/α,β-unsaturated/α-hetero) is 1. The number of carbonyl (C=O) groups is 4. The Morgan fingerprint density at radius 1 is 1.21 bits per heavy atom. The van der Waals surface area contributed by atoms with Gasteiger partial charge in [0, 0.05) is 11.3 Å². The zero-order valence-electron chi connectivity index (χ0n) is 16.0. The van der Waals surface area contributed by atoms with Gasteiger partial charge in [0.15, 0.2) is 17.6 Å². The first kappa shape index (κ1) is 20.0. The molecule has 2 aliphatic heterocycles. The number of carbonyl (C=O) groups excluding carboxylic acids is 4. The minimum absolute atomic E-state index is 0.0559. The van der Waals surface area contributed by atoms with Crippen LogP contribution in [0.5, 0.6) is 0 Å². The summed E-state index contributed by atoms with van der Waals surface area (Å²) in [6.07, 6.45) is 1.72. The zero-order chi connectivity index (χ0) is 20.4. The Morgan fingerprint density at radius 3 is 2.50 bits per heavy atom. The Morgan fingerprint density at radius 2 is 1.89 bits per heavy atom. The highest BCUT2D eigenvalue weighted by Gasteiger charge is 2.49. The summed E-state index contributed by atoms with van der Waals surface area (Å²) < 4.78 is 1.37. The van der Waals surface area contributed by atoms with E-state index in [-0.39, 0.29) is 30.1 Å². The van der Waals surface area contributed by atoms with E-state index in [1.807, 2.05) is 13.8 Å². The quantitative estimate of drug-likeness (QED) is 0.586. The van der Waals surface area contributed by atoms with Gasteiger partial charge < -0.3 is 5.32 Å². The normalized spacial score (nSPS) is 18.7. The second-order valence-corrected chi connectivity index (χ2v) is 8.15. The smallest absolute Gasteiger partial charge is 0.323 e. The first-order valence-electron chi connectivity index (χ1n) is 9.00. The van der Waals surface area contributed by atoms with Crippen LogP contribution in [0.25, 0.3) is 0 Å². The zero-order valence-corrected chi connectivity index (χ0v) is 16.8. The van der Waals surface area contributed by atoms with Crippen LogP contribution >= 0.6 is 11.8 Å². The van der Waals surface area contributed by atoms with Gasteiger partial charge >= 0.3 is 11.9 Å². The van der Waals surface area contributed by atoms with Gasteiger partial charge in [0.2, 0.25) is 0 Å². The number of thioether (sulfide) groups is 1. The third-order valence-corrected chi connectivity index (χ3v) is 5.42. The van der Waals surface area contributed by atoms with Crippen LogP contribution in [0.2, 0.25) is 0 Å². The van der Waals surface area contributed by atoms with Gasteiger partial charge in [-0.3, -0.25) is 9.59 Å². The number of benzene rings is 1. The number of fused-ring (bicyclic) bond motifs is 1. The van der Waals surface area contributed by atoms with Crippen molar-refractivity contribution in [2.45, 2.75) is 26.0 Å². The number of hydrogen-bond acceptors (Lipinski definition) is 5. The number of nitrogens with zero attached hydrogens (tertiary/aromatic N) is 2. The molecule has 0 aromatic heterocycles. The van der Waals surface area contributed by atoms with Gasteiger partial charge in [-0.2, -0.15) is 14.3 Å². The van der Waals surface area contributed by atoms with E-state index < -0.39 is 11.3 Å². The van der Waals surface area contributed by atoms with Crippen LogP contribution in [0.15, 0.2) is 35.7 Å². The lowest BCUT2D eigenvalue weighted by atomic mass is 10.1. The number of rotatable bonds is 6. The fourth-order valence-electron chi connectivity index (χ4n) is 3.08. The van der Waals surface area contributed by atoms with Gasteiger partial charge in [-0.1, -0.05) is 13.8 Å². The summed E-state index contributed by atoms with van der Waals surface area (Å²) in [5.74, 6) is -0.538. The van der Waals surface area contributed by atoms with Crippen molar-refractivity contribution in [3.05, 3.63) is 41.3 Å². The van der Waals surface area contributed by atoms with E-state index in [2.05, 4.69) is 5.32 Å². The molecule has 0 fully saturated rings. The Balaban J connectivity index is 1.78. The lowest BCUT2D eigenvalue weighted by Gasteiger charge is -2.25. The van der Waals surface area contributed by atoms with Crippen LogP contribution in [0.4, 0.5) is 10.5 Å². The van der Waals surface area contributed by atoms with E-state index in [0.717, 1.165) is 0 Å². The maximum atomic E-state index is 12.9. The van der Waals surface area contributed by atoms with Crippen molar-refractivity contribution in [1.29, 1.82) is 0 Å². The number of anilines is 1. The molecule has 1 aromatic rings.